The quantitative estimate of drug-likeness (QED) is 0.774. The molecule has 0 aromatic carbocycles. The largest absolute Gasteiger partial charge is 0.365 e. The number of ether oxygens (including phenoxy) is 1. The molecule has 0 saturated carbocycles. The summed E-state index contributed by atoms with van der Waals surface area (Å²) in [4.78, 5) is 0. The molecule has 0 fully saturated rings. The molecular formula is C10H10ClN3OS. The third kappa shape index (κ3) is 1.65. The van der Waals surface area contributed by atoms with Crippen LogP contribution in [0.3, 0.4) is 0 Å². The highest BCUT2D eigenvalue weighted by Crippen LogP contribution is 2.28. The van der Waals surface area contributed by atoms with Gasteiger partial charge in [-0.1, -0.05) is 5.21 Å². The zero-order valence-electron chi connectivity index (χ0n) is 8.47. The Bertz CT molecular complexity index is 482. The molecule has 0 aliphatic carbocycles. The Morgan fingerprint density at radius 2 is 2.56 bits per heavy atom. The highest BCUT2D eigenvalue weighted by atomic mass is 35.5. The summed E-state index contributed by atoms with van der Waals surface area (Å²) in [5, 5.41) is 12.3. The van der Waals surface area contributed by atoms with E-state index in [1.807, 2.05) is 4.68 Å². The minimum atomic E-state index is 0.0867. The highest BCUT2D eigenvalue weighted by Gasteiger charge is 2.24. The van der Waals surface area contributed by atoms with E-state index in [0.29, 0.717) is 12.5 Å². The van der Waals surface area contributed by atoms with E-state index in [9.17, 15) is 0 Å². The van der Waals surface area contributed by atoms with Gasteiger partial charge in [-0.05, 0) is 22.4 Å². The van der Waals surface area contributed by atoms with Gasteiger partial charge in [0, 0.05) is 0 Å². The summed E-state index contributed by atoms with van der Waals surface area (Å²) in [7, 11) is 0. The number of nitrogens with zero attached hydrogens (tertiary/aromatic N) is 3. The van der Waals surface area contributed by atoms with E-state index in [-0.39, 0.29) is 6.10 Å². The van der Waals surface area contributed by atoms with E-state index in [4.69, 9.17) is 16.3 Å². The average Bonchev–Trinajstić information content (AvgIpc) is 2.97. The number of aromatic nitrogens is 3. The smallest absolute Gasteiger partial charge is 0.103 e. The van der Waals surface area contributed by atoms with Crippen LogP contribution in [-0.4, -0.2) is 15.0 Å². The van der Waals surface area contributed by atoms with Crippen molar-refractivity contribution in [3.63, 3.8) is 0 Å². The number of hydrogen-bond acceptors (Lipinski definition) is 4. The maximum atomic E-state index is 5.80. The first-order chi connectivity index (χ1) is 7.88. The van der Waals surface area contributed by atoms with Crippen LogP contribution in [0.2, 0.25) is 0 Å². The molecular weight excluding hydrogens is 246 g/mol. The fraction of sp³-hybridized carbons (Fsp3) is 0.400. The van der Waals surface area contributed by atoms with Gasteiger partial charge in [0.15, 0.2) is 0 Å². The lowest BCUT2D eigenvalue weighted by molar-refractivity contribution is -0.00145. The molecule has 0 spiro atoms. The maximum Gasteiger partial charge on any atom is 0.103 e. The highest BCUT2D eigenvalue weighted by molar-refractivity contribution is 7.07. The van der Waals surface area contributed by atoms with Crippen molar-refractivity contribution in [1.82, 2.24) is 15.0 Å². The van der Waals surface area contributed by atoms with Gasteiger partial charge < -0.3 is 4.74 Å². The number of rotatable bonds is 2. The molecule has 2 aromatic heterocycles. The van der Waals surface area contributed by atoms with Gasteiger partial charge in [-0.2, -0.15) is 11.3 Å². The zero-order valence-corrected chi connectivity index (χ0v) is 10.0. The molecule has 3 heterocycles. The van der Waals surface area contributed by atoms with E-state index in [1.54, 1.807) is 11.3 Å². The molecule has 0 bridgehead atoms. The Morgan fingerprint density at radius 1 is 1.62 bits per heavy atom. The first-order valence-electron chi connectivity index (χ1n) is 4.99. The molecule has 0 radical (unpaired) electrons. The summed E-state index contributed by atoms with van der Waals surface area (Å²) >= 11 is 7.45. The average molecular weight is 256 g/mol. The van der Waals surface area contributed by atoms with E-state index >= 15 is 0 Å². The molecule has 3 rings (SSSR count). The fourth-order valence-electron chi connectivity index (χ4n) is 1.83. The van der Waals surface area contributed by atoms with E-state index in [1.165, 1.54) is 5.56 Å². The lowest BCUT2D eigenvalue weighted by Gasteiger charge is -2.23. The van der Waals surface area contributed by atoms with Crippen molar-refractivity contribution in [2.75, 3.05) is 0 Å². The van der Waals surface area contributed by atoms with Crippen molar-refractivity contribution in [3.8, 4) is 0 Å². The summed E-state index contributed by atoms with van der Waals surface area (Å²) in [6.07, 6.45) is 0.0867. The second kappa shape index (κ2) is 4.16. The van der Waals surface area contributed by atoms with Gasteiger partial charge in [-0.3, -0.25) is 0 Å². The second-order valence-corrected chi connectivity index (χ2v) is 4.70. The Balaban J connectivity index is 1.87. The number of thiophene rings is 1. The maximum absolute atomic E-state index is 5.80. The normalized spacial score (nSPS) is 19.7. The van der Waals surface area contributed by atoms with Crippen LogP contribution in [0.5, 0.6) is 0 Å². The molecule has 2 aromatic rings. The Kier molecular flexibility index (Phi) is 2.67. The first kappa shape index (κ1) is 10.3. The number of fused-ring (bicyclic) bond motifs is 1. The van der Waals surface area contributed by atoms with Crippen LogP contribution in [0.1, 0.15) is 23.1 Å². The molecule has 4 nitrogen and oxygen atoms in total. The minimum Gasteiger partial charge on any atom is -0.365 e. The van der Waals surface area contributed by atoms with Crippen LogP contribution in [0, 0.1) is 0 Å². The third-order valence-corrected chi connectivity index (χ3v) is 3.67. The minimum absolute atomic E-state index is 0.0867. The van der Waals surface area contributed by atoms with Crippen molar-refractivity contribution in [2.45, 2.75) is 25.1 Å². The molecule has 6 heteroatoms. The molecule has 0 amide bonds. The van der Waals surface area contributed by atoms with Gasteiger partial charge in [0.05, 0.1) is 24.7 Å². The standard InChI is InChI=1S/C10H10ClN3OS/c11-3-8-9-5-15-10(4-14(9)13-12-8)7-1-2-16-6-7/h1-2,6,10H,3-5H2/t10-/m0/s1. The molecule has 84 valence electrons. The summed E-state index contributed by atoms with van der Waals surface area (Å²) in [5.74, 6) is 0.391. The molecule has 0 unspecified atom stereocenters. The van der Waals surface area contributed by atoms with Crippen LogP contribution in [0.25, 0.3) is 0 Å². The summed E-state index contributed by atoms with van der Waals surface area (Å²) in [6.45, 7) is 1.26. The first-order valence-corrected chi connectivity index (χ1v) is 6.47. The summed E-state index contributed by atoms with van der Waals surface area (Å²) in [6, 6.07) is 2.08. The summed E-state index contributed by atoms with van der Waals surface area (Å²) < 4.78 is 7.69. The van der Waals surface area contributed by atoms with Gasteiger partial charge in [0.25, 0.3) is 0 Å². The summed E-state index contributed by atoms with van der Waals surface area (Å²) in [5.41, 5.74) is 3.03. The van der Waals surface area contributed by atoms with E-state index in [0.717, 1.165) is 17.9 Å². The van der Waals surface area contributed by atoms with Crippen LogP contribution >= 0.6 is 22.9 Å². The molecule has 1 aliphatic rings. The van der Waals surface area contributed by atoms with Gasteiger partial charge in [-0.25, -0.2) is 4.68 Å². The lowest BCUT2D eigenvalue weighted by Crippen LogP contribution is -2.21. The Labute approximate surface area is 102 Å². The van der Waals surface area contributed by atoms with Crippen LogP contribution < -0.4 is 0 Å². The second-order valence-electron chi connectivity index (χ2n) is 3.65. The molecule has 1 aliphatic heterocycles. The number of hydrogen-bond donors (Lipinski definition) is 0. The predicted octanol–water partition coefficient (Wildman–Crippen LogP) is 2.35. The molecule has 16 heavy (non-hydrogen) atoms. The lowest BCUT2D eigenvalue weighted by atomic mass is 10.1. The number of alkyl halides is 1. The van der Waals surface area contributed by atoms with Gasteiger partial charge in [0.2, 0.25) is 0 Å². The van der Waals surface area contributed by atoms with Gasteiger partial charge >= 0.3 is 0 Å². The van der Waals surface area contributed by atoms with Crippen LogP contribution in [0.15, 0.2) is 16.8 Å². The van der Waals surface area contributed by atoms with Gasteiger partial charge in [-0.15, -0.1) is 16.7 Å². The SMILES string of the molecule is ClCc1nnn2c1CO[C@H](c1ccsc1)C2. The van der Waals surface area contributed by atoms with E-state index in [2.05, 4.69) is 27.1 Å². The monoisotopic (exact) mass is 255 g/mol. The molecule has 1 atom stereocenters. The van der Waals surface area contributed by atoms with Gasteiger partial charge in [0.1, 0.15) is 11.8 Å². The molecule has 0 N–H and O–H groups in total. The third-order valence-electron chi connectivity index (χ3n) is 2.72. The van der Waals surface area contributed by atoms with E-state index < -0.39 is 0 Å². The zero-order chi connectivity index (χ0) is 11.0. The Hall–Kier alpha value is -0.910. The van der Waals surface area contributed by atoms with Crippen molar-refractivity contribution in [3.05, 3.63) is 33.8 Å². The fourth-order valence-corrected chi connectivity index (χ4v) is 2.74. The van der Waals surface area contributed by atoms with Crippen molar-refractivity contribution in [1.29, 1.82) is 0 Å². The van der Waals surface area contributed by atoms with Crippen LogP contribution in [-0.2, 0) is 23.8 Å². The van der Waals surface area contributed by atoms with Crippen molar-refractivity contribution in [2.24, 2.45) is 0 Å². The predicted molar refractivity (Wildman–Crippen MR) is 61.4 cm³/mol. The van der Waals surface area contributed by atoms with Crippen molar-refractivity contribution < 1.29 is 4.74 Å². The molecule has 0 saturated heterocycles. The number of halogens is 1. The topological polar surface area (TPSA) is 39.9 Å². The van der Waals surface area contributed by atoms with Crippen LogP contribution in [0.4, 0.5) is 0 Å². The Morgan fingerprint density at radius 3 is 3.31 bits per heavy atom. The van der Waals surface area contributed by atoms with Crippen molar-refractivity contribution >= 4 is 22.9 Å².